The van der Waals surface area contributed by atoms with Crippen molar-refractivity contribution in [1.29, 1.82) is 0 Å². The number of nitrogens with zero attached hydrogens (tertiary/aromatic N) is 3. The summed E-state index contributed by atoms with van der Waals surface area (Å²) in [6.07, 6.45) is 0. The Morgan fingerprint density at radius 3 is 2.31 bits per heavy atom. The minimum Gasteiger partial charge on any atom is -0.460 e. The number of esters is 1. The van der Waals surface area contributed by atoms with Crippen molar-refractivity contribution < 1.29 is 23.9 Å². The number of hydrogen-bond acceptors (Lipinski definition) is 6. The zero-order chi connectivity index (χ0) is 25.5. The summed E-state index contributed by atoms with van der Waals surface area (Å²) in [5.74, 6) is -0.351. The topological polar surface area (TPSA) is 112 Å². The Morgan fingerprint density at radius 2 is 1.58 bits per heavy atom. The molecule has 4 aromatic carbocycles. The van der Waals surface area contributed by atoms with E-state index in [1.165, 1.54) is 18.2 Å². The number of fused-ring (bicyclic) bond motifs is 1. The molecule has 0 saturated heterocycles. The van der Waals surface area contributed by atoms with Gasteiger partial charge in [0, 0.05) is 12.2 Å². The van der Waals surface area contributed by atoms with Crippen molar-refractivity contribution in [3.63, 3.8) is 0 Å². The number of carbonyl (C=O) groups is 1. The number of anilines is 1. The third kappa shape index (κ3) is 6.43. The fourth-order valence-electron chi connectivity index (χ4n) is 3.70. The van der Waals surface area contributed by atoms with Crippen molar-refractivity contribution >= 4 is 46.7 Å². The molecule has 0 aliphatic heterocycles. The van der Waals surface area contributed by atoms with Gasteiger partial charge in [0.25, 0.3) is 0 Å². The minimum absolute atomic E-state index is 0.103. The van der Waals surface area contributed by atoms with Crippen molar-refractivity contribution in [1.82, 2.24) is 0 Å². The molecule has 0 unspecified atom stereocenters. The molecule has 0 amide bonds. The van der Waals surface area contributed by atoms with Crippen LogP contribution in [0.2, 0.25) is 0 Å². The van der Waals surface area contributed by atoms with Gasteiger partial charge in [0.2, 0.25) is 0 Å². The summed E-state index contributed by atoms with van der Waals surface area (Å²) < 4.78 is 16.9. The van der Waals surface area contributed by atoms with E-state index in [4.69, 9.17) is 4.74 Å². The molecule has 0 aliphatic rings. The van der Waals surface area contributed by atoms with Gasteiger partial charge < -0.3 is 19.4 Å². The molecule has 0 saturated carbocycles. The lowest BCUT2D eigenvalue weighted by Crippen LogP contribution is -2.27. The molecule has 0 spiro atoms. The second-order valence-electron chi connectivity index (χ2n) is 8.06. The molecular formula is C27H26N3O5P. The maximum absolute atomic E-state index is 12.5. The summed E-state index contributed by atoms with van der Waals surface area (Å²) in [6.45, 7) is 3.53. The first-order valence-electron chi connectivity index (χ1n) is 11.4. The highest BCUT2D eigenvalue weighted by molar-refractivity contribution is 7.60. The molecule has 8 nitrogen and oxygen atoms in total. The van der Waals surface area contributed by atoms with E-state index in [0.717, 1.165) is 23.0 Å². The van der Waals surface area contributed by atoms with Gasteiger partial charge in [0.1, 0.15) is 6.61 Å². The van der Waals surface area contributed by atoms with E-state index in [2.05, 4.69) is 15.1 Å². The highest BCUT2D eigenvalue weighted by atomic mass is 31.2. The third-order valence-corrected chi connectivity index (χ3v) is 6.57. The average Bonchev–Trinajstić information content (AvgIpc) is 2.89. The second kappa shape index (κ2) is 11.3. The zero-order valence-electron chi connectivity index (χ0n) is 19.7. The molecule has 4 aromatic rings. The molecule has 0 atom stereocenters. The normalized spacial score (nSPS) is 11.6. The van der Waals surface area contributed by atoms with Gasteiger partial charge in [-0.3, -0.25) is 4.57 Å². The lowest BCUT2D eigenvalue weighted by molar-refractivity contribution is 0.0515. The summed E-state index contributed by atoms with van der Waals surface area (Å²) >= 11 is 0. The Morgan fingerprint density at radius 1 is 0.861 bits per heavy atom. The van der Waals surface area contributed by atoms with Crippen LogP contribution in [0.25, 0.3) is 10.8 Å². The van der Waals surface area contributed by atoms with Crippen LogP contribution >= 0.6 is 7.60 Å². The van der Waals surface area contributed by atoms with Crippen LogP contribution in [-0.4, -0.2) is 35.5 Å². The predicted octanol–water partition coefficient (Wildman–Crippen LogP) is 5.74. The molecule has 2 N–H and O–H groups in total. The minimum atomic E-state index is -4.34. The Hall–Kier alpha value is -3.84. The predicted molar refractivity (Wildman–Crippen MR) is 141 cm³/mol. The van der Waals surface area contributed by atoms with Crippen molar-refractivity contribution in [2.24, 2.45) is 10.2 Å². The lowest BCUT2D eigenvalue weighted by atomic mass is 10.1. The summed E-state index contributed by atoms with van der Waals surface area (Å²) in [5.41, 5.74) is 2.42. The molecule has 36 heavy (non-hydrogen) atoms. The summed E-state index contributed by atoms with van der Waals surface area (Å²) in [5, 5.41) is 10.2. The van der Waals surface area contributed by atoms with Gasteiger partial charge in [-0.15, -0.1) is 0 Å². The Bertz CT molecular complexity index is 1430. The number of benzene rings is 4. The number of azo groups is 1. The summed E-state index contributed by atoms with van der Waals surface area (Å²) in [4.78, 5) is 33.2. The van der Waals surface area contributed by atoms with Crippen molar-refractivity contribution in [2.45, 2.75) is 6.92 Å². The number of ether oxygens (including phenoxy) is 1. The number of hydrogen-bond donors (Lipinski definition) is 2. The molecule has 9 heteroatoms. The zero-order valence-corrected chi connectivity index (χ0v) is 20.6. The molecular weight excluding hydrogens is 477 g/mol. The van der Waals surface area contributed by atoms with E-state index in [9.17, 15) is 19.1 Å². The van der Waals surface area contributed by atoms with Gasteiger partial charge in [0.15, 0.2) is 0 Å². The maximum Gasteiger partial charge on any atom is 0.356 e. The SMILES string of the molecule is CCN(CCOC(=O)c1ccc2ccccc2c1)c1ccc(/N=N/c2cccc(P(=O)(O)O)c2)cc1. The van der Waals surface area contributed by atoms with Crippen LogP contribution in [0.15, 0.2) is 101 Å². The van der Waals surface area contributed by atoms with Crippen LogP contribution in [0, 0.1) is 0 Å². The van der Waals surface area contributed by atoms with E-state index in [-0.39, 0.29) is 17.9 Å². The van der Waals surface area contributed by atoms with Crippen LogP contribution in [-0.2, 0) is 9.30 Å². The van der Waals surface area contributed by atoms with Crippen LogP contribution < -0.4 is 10.2 Å². The number of rotatable bonds is 9. The summed E-state index contributed by atoms with van der Waals surface area (Å²) in [6, 6.07) is 26.6. The maximum atomic E-state index is 12.5. The Balaban J connectivity index is 1.34. The van der Waals surface area contributed by atoms with E-state index in [1.54, 1.807) is 24.3 Å². The van der Waals surface area contributed by atoms with Gasteiger partial charge in [-0.1, -0.05) is 36.4 Å². The first-order chi connectivity index (χ1) is 17.3. The van der Waals surface area contributed by atoms with Crippen molar-refractivity contribution in [3.8, 4) is 0 Å². The molecule has 0 aliphatic carbocycles. The molecule has 0 radical (unpaired) electrons. The number of likely N-dealkylation sites (N-methyl/N-ethyl adjacent to an activating group) is 1. The fourth-order valence-corrected chi connectivity index (χ4v) is 4.28. The molecule has 0 bridgehead atoms. The van der Waals surface area contributed by atoms with E-state index < -0.39 is 7.60 Å². The quantitative estimate of drug-likeness (QED) is 0.171. The van der Waals surface area contributed by atoms with Crippen molar-refractivity contribution in [2.75, 3.05) is 24.6 Å². The highest BCUT2D eigenvalue weighted by Crippen LogP contribution is 2.34. The number of carbonyl (C=O) groups excluding carboxylic acids is 1. The average molecular weight is 503 g/mol. The fraction of sp³-hybridized carbons (Fsp3) is 0.148. The third-order valence-electron chi connectivity index (χ3n) is 5.62. The largest absolute Gasteiger partial charge is 0.460 e. The van der Waals surface area contributed by atoms with Crippen molar-refractivity contribution in [3.05, 3.63) is 96.6 Å². The van der Waals surface area contributed by atoms with Crippen LogP contribution in [0.1, 0.15) is 17.3 Å². The van der Waals surface area contributed by atoms with Gasteiger partial charge >= 0.3 is 13.6 Å². The molecule has 0 aromatic heterocycles. The van der Waals surface area contributed by atoms with Crippen LogP contribution in [0.5, 0.6) is 0 Å². The first-order valence-corrected chi connectivity index (χ1v) is 13.0. The monoisotopic (exact) mass is 503 g/mol. The standard InChI is InChI=1S/C27H26N3O5P/c1-2-30(16-17-35-27(31)22-11-10-20-6-3-4-7-21(20)18-22)25-14-12-23(13-15-25)28-29-24-8-5-9-26(19-24)36(32,33)34/h3-15,18-19H,2,16-17H2,1H3,(H2,32,33,34)/b29-28+. The van der Waals surface area contributed by atoms with E-state index in [1.807, 2.05) is 55.5 Å². The van der Waals surface area contributed by atoms with E-state index in [0.29, 0.717) is 23.5 Å². The van der Waals surface area contributed by atoms with Gasteiger partial charge in [-0.25, -0.2) is 4.79 Å². The first kappa shape index (κ1) is 25.3. The second-order valence-corrected chi connectivity index (χ2v) is 9.66. The van der Waals surface area contributed by atoms with Gasteiger partial charge in [-0.2, -0.15) is 10.2 Å². The molecule has 0 fully saturated rings. The summed E-state index contributed by atoms with van der Waals surface area (Å²) in [7, 11) is -4.34. The van der Waals surface area contributed by atoms with Gasteiger partial charge in [-0.05, 0) is 72.3 Å². The highest BCUT2D eigenvalue weighted by Gasteiger charge is 2.16. The Kier molecular flexibility index (Phi) is 7.90. The van der Waals surface area contributed by atoms with Gasteiger partial charge in [0.05, 0.1) is 28.8 Å². The molecule has 184 valence electrons. The molecule has 4 rings (SSSR count). The van der Waals surface area contributed by atoms with Crippen LogP contribution in [0.4, 0.5) is 17.1 Å². The smallest absolute Gasteiger partial charge is 0.356 e. The van der Waals surface area contributed by atoms with Crippen LogP contribution in [0.3, 0.4) is 0 Å². The lowest BCUT2D eigenvalue weighted by Gasteiger charge is -2.23. The molecule has 0 heterocycles. The Labute approximate surface area is 209 Å². The van der Waals surface area contributed by atoms with E-state index >= 15 is 0 Å².